The molecule has 0 aliphatic carbocycles. The second-order valence-corrected chi connectivity index (χ2v) is 10.1. The number of carbonyl (C=O) groups is 2. The van der Waals surface area contributed by atoms with Crippen molar-refractivity contribution in [3.8, 4) is 11.5 Å². The molecule has 11 heteroatoms. The molecule has 6 N–H and O–H groups in total. The SMILES string of the molecule is CO[C@@H]1c2cc(O)cc(c2O)NC(=O)/C(C)=C/C=C\[C@@H](OC)C(OC(N)=O)/C(C)=C/[C@@H](C)[C@H](O)[C@H](OC)C[C@H]1C. The Kier molecular flexibility index (Phi) is 12.2. The van der Waals surface area contributed by atoms with Crippen LogP contribution in [0.5, 0.6) is 11.5 Å². The second kappa shape index (κ2) is 14.8. The van der Waals surface area contributed by atoms with E-state index >= 15 is 0 Å². The van der Waals surface area contributed by atoms with Gasteiger partial charge in [-0.15, -0.1) is 0 Å². The van der Waals surface area contributed by atoms with Gasteiger partial charge in [-0.25, -0.2) is 4.79 Å². The Morgan fingerprint density at radius 1 is 1.05 bits per heavy atom. The lowest BCUT2D eigenvalue weighted by Gasteiger charge is -2.32. The first-order chi connectivity index (χ1) is 18.8. The van der Waals surface area contributed by atoms with E-state index < -0.39 is 48.4 Å². The lowest BCUT2D eigenvalue weighted by molar-refractivity contribution is -0.112. The number of anilines is 1. The van der Waals surface area contributed by atoms with Gasteiger partial charge < -0.3 is 45.3 Å². The molecule has 0 fully saturated rings. The number of phenols is 2. The van der Waals surface area contributed by atoms with Crippen molar-refractivity contribution in [1.82, 2.24) is 0 Å². The predicted octanol–water partition coefficient (Wildman–Crippen LogP) is 3.70. The number of hydrogen-bond acceptors (Lipinski definition) is 9. The van der Waals surface area contributed by atoms with E-state index in [0.717, 1.165) is 0 Å². The van der Waals surface area contributed by atoms with Crippen molar-refractivity contribution in [3.05, 3.63) is 53.1 Å². The van der Waals surface area contributed by atoms with E-state index in [1.165, 1.54) is 39.5 Å². The average Bonchev–Trinajstić information content (AvgIpc) is 2.90. The smallest absolute Gasteiger partial charge is 0.405 e. The zero-order valence-corrected chi connectivity index (χ0v) is 24.1. The lowest BCUT2D eigenvalue weighted by Crippen LogP contribution is -2.37. The van der Waals surface area contributed by atoms with Gasteiger partial charge in [0.25, 0.3) is 5.91 Å². The third-order valence-corrected chi connectivity index (χ3v) is 7.07. The van der Waals surface area contributed by atoms with Crippen molar-refractivity contribution in [2.75, 3.05) is 26.6 Å². The van der Waals surface area contributed by atoms with Gasteiger partial charge in [0.2, 0.25) is 0 Å². The van der Waals surface area contributed by atoms with Gasteiger partial charge in [0.15, 0.2) is 6.10 Å². The van der Waals surface area contributed by atoms with Crippen LogP contribution in [0, 0.1) is 11.8 Å². The number of benzene rings is 1. The van der Waals surface area contributed by atoms with Gasteiger partial charge >= 0.3 is 6.09 Å². The molecular weight excluding hydrogens is 520 g/mol. The minimum atomic E-state index is -0.995. The van der Waals surface area contributed by atoms with Crippen molar-refractivity contribution in [2.24, 2.45) is 17.6 Å². The molecule has 2 rings (SSSR count). The summed E-state index contributed by atoms with van der Waals surface area (Å²) < 4.78 is 22.3. The van der Waals surface area contributed by atoms with Gasteiger partial charge in [-0.1, -0.05) is 38.2 Å². The van der Waals surface area contributed by atoms with Crippen LogP contribution in [0.25, 0.3) is 0 Å². The zero-order valence-electron chi connectivity index (χ0n) is 24.1. The summed E-state index contributed by atoms with van der Waals surface area (Å²) in [4.78, 5) is 24.6. The molecule has 0 aromatic heterocycles. The van der Waals surface area contributed by atoms with Crippen LogP contribution >= 0.6 is 0 Å². The molecule has 7 atom stereocenters. The van der Waals surface area contributed by atoms with Crippen LogP contribution in [0.4, 0.5) is 10.5 Å². The Morgan fingerprint density at radius 2 is 1.73 bits per heavy atom. The largest absolute Gasteiger partial charge is 0.508 e. The number of nitrogens with two attached hydrogens (primary N) is 1. The Morgan fingerprint density at radius 3 is 2.30 bits per heavy atom. The quantitative estimate of drug-likeness (QED) is 0.209. The lowest BCUT2D eigenvalue weighted by atomic mass is 9.86. The number of aromatic hydroxyl groups is 2. The summed E-state index contributed by atoms with van der Waals surface area (Å²) in [6.45, 7) is 6.97. The predicted molar refractivity (Wildman–Crippen MR) is 150 cm³/mol. The fourth-order valence-corrected chi connectivity index (χ4v) is 4.88. The Bertz CT molecular complexity index is 1130. The summed E-state index contributed by atoms with van der Waals surface area (Å²) in [5.41, 5.74) is 6.48. The molecule has 1 heterocycles. The highest BCUT2D eigenvalue weighted by Crippen LogP contribution is 2.41. The van der Waals surface area contributed by atoms with E-state index in [4.69, 9.17) is 24.7 Å². The molecule has 0 saturated heterocycles. The first-order valence-corrected chi connectivity index (χ1v) is 13.0. The van der Waals surface area contributed by atoms with E-state index in [0.29, 0.717) is 12.0 Å². The molecular formula is C29H42N2O9. The summed E-state index contributed by atoms with van der Waals surface area (Å²) in [5.74, 6) is -1.70. The third kappa shape index (κ3) is 8.31. The van der Waals surface area contributed by atoms with Crippen LogP contribution in [-0.4, -0.2) is 73.1 Å². The van der Waals surface area contributed by atoms with E-state index in [-0.39, 0.29) is 34.2 Å². The van der Waals surface area contributed by atoms with Crippen LogP contribution in [0.15, 0.2) is 47.6 Å². The molecule has 40 heavy (non-hydrogen) atoms. The van der Waals surface area contributed by atoms with Crippen molar-refractivity contribution in [1.29, 1.82) is 0 Å². The molecule has 222 valence electrons. The number of rotatable bonds is 4. The van der Waals surface area contributed by atoms with E-state index in [9.17, 15) is 24.9 Å². The number of hydrogen-bond donors (Lipinski definition) is 5. The number of carbonyl (C=O) groups excluding carboxylic acids is 2. The standard InChI is InChI=1S/C29H42N2O9/c1-15-9-8-10-22(37-5)27(40-29(30)36)17(3)11-16(2)24(33)23(38-6)12-18(4)26(39-7)20-13-19(32)14-21(25(20)34)31-28(15)35/h8-11,13-14,16,18,22-24,26-27,32-34H,12H2,1-7H3,(H2,30,36)(H,31,35)/b10-8-,15-9+,17-11+/t16-,18-,22-,23-,24+,26+,27?/m1/s1. The highest BCUT2D eigenvalue weighted by Gasteiger charge is 2.32. The summed E-state index contributed by atoms with van der Waals surface area (Å²) in [6, 6.07) is 2.62. The van der Waals surface area contributed by atoms with E-state index in [2.05, 4.69) is 5.32 Å². The minimum absolute atomic E-state index is 0.00496. The van der Waals surface area contributed by atoms with Crippen molar-refractivity contribution < 1.29 is 43.9 Å². The molecule has 11 nitrogen and oxygen atoms in total. The van der Waals surface area contributed by atoms with Gasteiger partial charge in [0, 0.05) is 44.5 Å². The number of fused-ring (bicyclic) bond motifs is 2. The molecule has 1 aromatic carbocycles. The van der Waals surface area contributed by atoms with Gasteiger partial charge in [-0.05, 0) is 37.8 Å². The topological polar surface area (TPSA) is 170 Å². The van der Waals surface area contributed by atoms with Gasteiger partial charge in [0.05, 0.1) is 24.0 Å². The molecule has 2 bridgehead atoms. The highest BCUT2D eigenvalue weighted by molar-refractivity contribution is 6.04. The molecule has 0 saturated carbocycles. The molecule has 1 aromatic rings. The maximum atomic E-state index is 12.9. The van der Waals surface area contributed by atoms with Crippen LogP contribution in [-0.2, 0) is 23.7 Å². The molecule has 1 aliphatic rings. The number of nitrogens with one attached hydrogen (secondary N) is 1. The highest BCUT2D eigenvalue weighted by atomic mass is 16.6. The fourth-order valence-electron chi connectivity index (χ4n) is 4.88. The maximum Gasteiger partial charge on any atom is 0.405 e. The van der Waals surface area contributed by atoms with Crippen LogP contribution in [0.3, 0.4) is 0 Å². The van der Waals surface area contributed by atoms with Crippen molar-refractivity contribution in [2.45, 2.75) is 64.6 Å². The number of methoxy groups -OCH3 is 3. The average molecular weight is 563 g/mol. The molecule has 0 radical (unpaired) electrons. The van der Waals surface area contributed by atoms with E-state index in [1.54, 1.807) is 39.0 Å². The number of aliphatic hydroxyl groups is 1. The third-order valence-electron chi connectivity index (χ3n) is 7.07. The summed E-state index contributed by atoms with van der Waals surface area (Å²) in [6.07, 6.45) is 1.78. The first-order valence-electron chi connectivity index (χ1n) is 13.0. The Hall–Kier alpha value is -3.38. The molecule has 2 amide bonds. The number of amides is 2. The molecule has 1 aliphatic heterocycles. The van der Waals surface area contributed by atoms with Gasteiger partial charge in [0.1, 0.15) is 17.6 Å². The van der Waals surface area contributed by atoms with Crippen molar-refractivity contribution >= 4 is 17.7 Å². The minimum Gasteiger partial charge on any atom is -0.508 e. The van der Waals surface area contributed by atoms with Gasteiger partial charge in [-0.3, -0.25) is 4.79 Å². The normalized spacial score (nSPS) is 32.2. The summed E-state index contributed by atoms with van der Waals surface area (Å²) >= 11 is 0. The summed E-state index contributed by atoms with van der Waals surface area (Å²) in [7, 11) is 4.39. The van der Waals surface area contributed by atoms with Crippen molar-refractivity contribution in [3.63, 3.8) is 0 Å². The fraction of sp³-hybridized carbons (Fsp3) is 0.517. The number of allylic oxidation sites excluding steroid dienone is 2. The van der Waals surface area contributed by atoms with Crippen LogP contribution in [0.1, 0.15) is 45.8 Å². The molecule has 1 unspecified atom stereocenters. The number of primary amides is 1. The number of ether oxygens (including phenoxy) is 4. The van der Waals surface area contributed by atoms with E-state index in [1.807, 2.05) is 6.92 Å². The molecule has 0 spiro atoms. The Balaban J connectivity index is 2.67. The number of phenolic OH excluding ortho intramolecular Hbond substituents is 2. The summed E-state index contributed by atoms with van der Waals surface area (Å²) in [5, 5.41) is 35.3. The van der Waals surface area contributed by atoms with Crippen LogP contribution in [0.2, 0.25) is 0 Å². The zero-order chi connectivity index (χ0) is 30.1. The second-order valence-electron chi connectivity index (χ2n) is 10.1. The monoisotopic (exact) mass is 562 g/mol. The van der Waals surface area contributed by atoms with Crippen LogP contribution < -0.4 is 11.1 Å². The number of aliphatic hydroxyl groups excluding tert-OH is 1. The van der Waals surface area contributed by atoms with Gasteiger partial charge in [-0.2, -0.15) is 0 Å². The Labute approximate surface area is 235 Å². The first kappa shape index (κ1) is 32.8. The maximum absolute atomic E-state index is 12.9.